The molecule has 0 spiro atoms. The van der Waals surface area contributed by atoms with Crippen LogP contribution in [0.4, 0.5) is 5.13 Å². The molecule has 3 heteroatoms. The van der Waals surface area contributed by atoms with Crippen molar-refractivity contribution in [1.29, 1.82) is 0 Å². The lowest BCUT2D eigenvalue weighted by molar-refractivity contribution is -0.640. The summed E-state index contributed by atoms with van der Waals surface area (Å²) in [5.41, 5.74) is 8.24. The first-order valence-electron chi connectivity index (χ1n) is 4.34. The number of thiazole rings is 1. The first-order valence-corrected chi connectivity index (χ1v) is 5.16. The summed E-state index contributed by atoms with van der Waals surface area (Å²) in [6, 6.07) is 6.26. The van der Waals surface area contributed by atoms with Crippen LogP contribution < -0.4 is 10.3 Å². The van der Waals surface area contributed by atoms with Crippen molar-refractivity contribution in [2.24, 2.45) is 0 Å². The van der Waals surface area contributed by atoms with Crippen molar-refractivity contribution < 1.29 is 4.57 Å². The third-order valence-corrected chi connectivity index (χ3v) is 3.11. The Morgan fingerprint density at radius 1 is 1.57 bits per heavy atom. The van der Waals surface area contributed by atoms with Crippen LogP contribution in [0.25, 0.3) is 10.2 Å². The Balaban J connectivity index is 2.72. The van der Waals surface area contributed by atoms with Crippen molar-refractivity contribution >= 4 is 26.7 Å². The Kier molecular flexibility index (Phi) is 2.14. The van der Waals surface area contributed by atoms with Crippen molar-refractivity contribution in [3.8, 4) is 12.3 Å². The van der Waals surface area contributed by atoms with Crippen LogP contribution in [0.5, 0.6) is 0 Å². The van der Waals surface area contributed by atoms with Gasteiger partial charge in [0.05, 0.1) is 4.70 Å². The zero-order valence-corrected chi connectivity index (χ0v) is 8.77. The van der Waals surface area contributed by atoms with E-state index < -0.39 is 0 Å². The Hall–Kier alpha value is -1.53. The van der Waals surface area contributed by atoms with E-state index >= 15 is 0 Å². The monoisotopic (exact) mass is 203 g/mol. The summed E-state index contributed by atoms with van der Waals surface area (Å²) < 4.78 is 3.15. The second-order valence-electron chi connectivity index (χ2n) is 3.20. The molecule has 1 aromatic heterocycles. The number of nitrogens with two attached hydrogens (primary N) is 1. The van der Waals surface area contributed by atoms with E-state index in [1.807, 2.05) is 4.57 Å². The van der Waals surface area contributed by atoms with Gasteiger partial charge in [0, 0.05) is 0 Å². The normalized spacial score (nSPS) is 10.3. The zero-order chi connectivity index (χ0) is 10.1. The fourth-order valence-corrected chi connectivity index (χ4v) is 2.49. The molecule has 0 saturated heterocycles. The third-order valence-electron chi connectivity index (χ3n) is 2.14. The van der Waals surface area contributed by atoms with E-state index in [9.17, 15) is 0 Å². The van der Waals surface area contributed by atoms with Gasteiger partial charge in [0.15, 0.2) is 6.54 Å². The Bertz CT molecular complexity index is 520. The molecule has 2 rings (SSSR count). The standard InChI is InChI=1S/C11H10N2S/c1-3-6-13-9-5-4-8(2)7-10(9)14-11(13)12/h1,4-5,7,12H,6H2,2H3/p+1. The summed E-state index contributed by atoms with van der Waals surface area (Å²) in [6.07, 6.45) is 5.29. The minimum Gasteiger partial charge on any atom is -0.278 e. The number of rotatable bonds is 1. The van der Waals surface area contributed by atoms with Crippen LogP contribution in [0.3, 0.4) is 0 Å². The maximum absolute atomic E-state index is 5.88. The fraction of sp³-hybridized carbons (Fsp3) is 0.182. The van der Waals surface area contributed by atoms with E-state index in [4.69, 9.17) is 12.2 Å². The SMILES string of the molecule is C#CC[n+]1c(N)sc2cc(C)ccc21. The summed E-state index contributed by atoms with van der Waals surface area (Å²) in [5, 5.41) is 0.767. The lowest BCUT2D eigenvalue weighted by atomic mass is 10.2. The Labute approximate surface area is 87.0 Å². The molecule has 14 heavy (non-hydrogen) atoms. The van der Waals surface area contributed by atoms with E-state index in [1.165, 1.54) is 10.3 Å². The van der Waals surface area contributed by atoms with Gasteiger partial charge in [-0.3, -0.25) is 5.73 Å². The highest BCUT2D eigenvalue weighted by atomic mass is 32.1. The zero-order valence-electron chi connectivity index (χ0n) is 7.95. The smallest absolute Gasteiger partial charge is 0.278 e. The molecule has 70 valence electrons. The van der Waals surface area contributed by atoms with Crippen molar-refractivity contribution in [2.45, 2.75) is 13.5 Å². The predicted octanol–water partition coefficient (Wildman–Crippen LogP) is 1.71. The van der Waals surface area contributed by atoms with Crippen molar-refractivity contribution in [3.63, 3.8) is 0 Å². The molecule has 2 aromatic rings. The van der Waals surface area contributed by atoms with E-state index in [0.29, 0.717) is 6.54 Å². The molecule has 0 radical (unpaired) electrons. The number of aryl methyl sites for hydroxylation is 1. The summed E-state index contributed by atoms with van der Waals surface area (Å²) in [6.45, 7) is 2.61. The molecule has 0 aliphatic heterocycles. The molecule has 0 bridgehead atoms. The van der Waals surface area contributed by atoms with Gasteiger partial charge >= 0.3 is 5.13 Å². The highest BCUT2D eigenvalue weighted by molar-refractivity contribution is 7.21. The van der Waals surface area contributed by atoms with E-state index in [1.54, 1.807) is 11.3 Å². The highest BCUT2D eigenvalue weighted by Crippen LogP contribution is 2.22. The average Bonchev–Trinajstić information content (AvgIpc) is 2.43. The van der Waals surface area contributed by atoms with E-state index in [-0.39, 0.29) is 0 Å². The van der Waals surface area contributed by atoms with Crippen LogP contribution in [0, 0.1) is 19.3 Å². The van der Waals surface area contributed by atoms with Crippen LogP contribution in [-0.4, -0.2) is 0 Å². The number of aromatic nitrogens is 1. The summed E-state index contributed by atoms with van der Waals surface area (Å²) in [7, 11) is 0. The van der Waals surface area contributed by atoms with Gasteiger partial charge in [-0.2, -0.15) is 0 Å². The molecule has 0 aliphatic rings. The lowest BCUT2D eigenvalue weighted by Crippen LogP contribution is -2.34. The van der Waals surface area contributed by atoms with Gasteiger partial charge in [0.2, 0.25) is 0 Å². The molecular formula is C11H11N2S+. The van der Waals surface area contributed by atoms with Gasteiger partial charge in [-0.15, -0.1) is 6.42 Å². The summed E-state index contributed by atoms with van der Waals surface area (Å²) >= 11 is 1.58. The van der Waals surface area contributed by atoms with Gasteiger partial charge in [-0.1, -0.05) is 12.0 Å². The lowest BCUT2D eigenvalue weighted by Gasteiger charge is -1.94. The van der Waals surface area contributed by atoms with Crippen LogP contribution in [0.1, 0.15) is 5.56 Å². The van der Waals surface area contributed by atoms with Gasteiger partial charge < -0.3 is 0 Å². The fourth-order valence-electron chi connectivity index (χ4n) is 1.47. The third kappa shape index (κ3) is 1.34. The molecule has 1 heterocycles. The minimum atomic E-state index is 0.537. The minimum absolute atomic E-state index is 0.537. The molecule has 0 aliphatic carbocycles. The van der Waals surface area contributed by atoms with E-state index in [2.05, 4.69) is 31.0 Å². The number of terminal acetylenes is 1. The van der Waals surface area contributed by atoms with Gasteiger partial charge in [-0.05, 0) is 36.0 Å². The van der Waals surface area contributed by atoms with E-state index in [0.717, 1.165) is 10.6 Å². The number of fused-ring (bicyclic) bond motifs is 1. The molecule has 0 unspecified atom stereocenters. The molecule has 0 fully saturated rings. The highest BCUT2D eigenvalue weighted by Gasteiger charge is 2.13. The number of hydrogen-bond donors (Lipinski definition) is 1. The van der Waals surface area contributed by atoms with Crippen molar-refractivity contribution in [3.05, 3.63) is 23.8 Å². The number of anilines is 1. The molecule has 2 N–H and O–H groups in total. The predicted molar refractivity (Wildman–Crippen MR) is 60.0 cm³/mol. The first kappa shape index (κ1) is 9.04. The number of nitrogen functional groups attached to an aromatic ring is 1. The van der Waals surface area contributed by atoms with Gasteiger partial charge in [-0.25, -0.2) is 4.57 Å². The average molecular weight is 203 g/mol. The number of nitrogens with zero attached hydrogens (tertiary/aromatic N) is 1. The number of benzene rings is 1. The quantitative estimate of drug-likeness (QED) is 0.555. The summed E-state index contributed by atoms with van der Waals surface area (Å²) in [4.78, 5) is 0. The Morgan fingerprint density at radius 2 is 2.36 bits per heavy atom. The maximum atomic E-state index is 5.88. The molecule has 0 atom stereocenters. The van der Waals surface area contributed by atoms with Crippen molar-refractivity contribution in [2.75, 3.05) is 5.73 Å². The van der Waals surface area contributed by atoms with Crippen LogP contribution in [-0.2, 0) is 6.54 Å². The molecular weight excluding hydrogens is 192 g/mol. The van der Waals surface area contributed by atoms with Gasteiger partial charge in [0.1, 0.15) is 5.52 Å². The maximum Gasteiger partial charge on any atom is 0.333 e. The molecule has 0 saturated carbocycles. The molecule has 2 nitrogen and oxygen atoms in total. The molecule has 0 amide bonds. The Morgan fingerprint density at radius 3 is 3.07 bits per heavy atom. The molecule has 1 aromatic carbocycles. The van der Waals surface area contributed by atoms with Crippen LogP contribution in [0.15, 0.2) is 18.2 Å². The topological polar surface area (TPSA) is 29.9 Å². The second-order valence-corrected chi connectivity index (χ2v) is 4.26. The van der Waals surface area contributed by atoms with Crippen LogP contribution >= 0.6 is 11.3 Å². The second kappa shape index (κ2) is 3.32. The largest absolute Gasteiger partial charge is 0.333 e. The first-order chi connectivity index (χ1) is 6.72. The van der Waals surface area contributed by atoms with Crippen LogP contribution in [0.2, 0.25) is 0 Å². The van der Waals surface area contributed by atoms with Crippen molar-refractivity contribution in [1.82, 2.24) is 0 Å². The number of hydrogen-bond acceptors (Lipinski definition) is 2. The summed E-state index contributed by atoms with van der Waals surface area (Å²) in [5.74, 6) is 2.61. The van der Waals surface area contributed by atoms with Gasteiger partial charge in [0.25, 0.3) is 0 Å².